The Hall–Kier alpha value is -2.17. The van der Waals surface area contributed by atoms with Crippen LogP contribution in [0.15, 0.2) is 24.4 Å². The summed E-state index contributed by atoms with van der Waals surface area (Å²) in [7, 11) is 0. The molecule has 0 aliphatic rings. The molecule has 2 aromatic heterocycles. The third kappa shape index (κ3) is 3.44. The number of nitrogens with one attached hydrogen (secondary N) is 1. The van der Waals surface area contributed by atoms with Gasteiger partial charge in [-0.25, -0.2) is 4.79 Å². The number of hydrogen-bond donors (Lipinski definition) is 1. The van der Waals surface area contributed by atoms with E-state index >= 15 is 0 Å². The standard InChI is InChI=1S/C15H19N3O2/c1-5-10-9-12(18-14(19)20-15(2,3)4)13-11(17-10)7-6-8-16-13/h6-9H,5H2,1-4H3,(H,17,18,19). The fourth-order valence-corrected chi connectivity index (χ4v) is 1.81. The summed E-state index contributed by atoms with van der Waals surface area (Å²) in [6.07, 6.45) is 1.97. The first-order valence-corrected chi connectivity index (χ1v) is 6.63. The molecule has 0 aromatic carbocycles. The molecule has 106 valence electrons. The molecule has 2 aromatic rings. The Morgan fingerprint density at radius 3 is 2.80 bits per heavy atom. The molecular weight excluding hydrogens is 254 g/mol. The minimum absolute atomic E-state index is 0.488. The van der Waals surface area contributed by atoms with Crippen molar-refractivity contribution in [1.29, 1.82) is 0 Å². The van der Waals surface area contributed by atoms with Gasteiger partial charge in [0.15, 0.2) is 0 Å². The summed E-state index contributed by atoms with van der Waals surface area (Å²) in [5.41, 5.74) is 2.42. The van der Waals surface area contributed by atoms with Crippen LogP contribution in [0.3, 0.4) is 0 Å². The molecule has 2 rings (SSSR count). The maximum Gasteiger partial charge on any atom is 0.412 e. The first kappa shape index (κ1) is 14.2. The number of rotatable bonds is 2. The number of fused-ring (bicyclic) bond motifs is 1. The van der Waals surface area contributed by atoms with Crippen LogP contribution in [0.2, 0.25) is 0 Å². The predicted molar refractivity (Wildman–Crippen MR) is 78.8 cm³/mol. The van der Waals surface area contributed by atoms with Crippen LogP contribution in [0.25, 0.3) is 11.0 Å². The fourth-order valence-electron chi connectivity index (χ4n) is 1.81. The maximum atomic E-state index is 11.9. The molecule has 1 amide bonds. The number of carbonyl (C=O) groups is 1. The van der Waals surface area contributed by atoms with Crippen LogP contribution >= 0.6 is 0 Å². The van der Waals surface area contributed by atoms with Crippen molar-refractivity contribution in [3.05, 3.63) is 30.1 Å². The molecule has 5 nitrogen and oxygen atoms in total. The van der Waals surface area contributed by atoms with Gasteiger partial charge in [0.1, 0.15) is 11.1 Å². The largest absolute Gasteiger partial charge is 0.444 e. The first-order chi connectivity index (χ1) is 9.39. The van der Waals surface area contributed by atoms with Crippen LogP contribution < -0.4 is 5.32 Å². The number of aryl methyl sites for hydroxylation is 1. The number of hydrogen-bond acceptors (Lipinski definition) is 4. The fraction of sp³-hybridized carbons (Fsp3) is 0.400. The lowest BCUT2D eigenvalue weighted by atomic mass is 10.2. The van der Waals surface area contributed by atoms with E-state index in [1.54, 1.807) is 6.20 Å². The van der Waals surface area contributed by atoms with Gasteiger partial charge in [-0.05, 0) is 45.4 Å². The van der Waals surface area contributed by atoms with E-state index in [9.17, 15) is 4.79 Å². The van der Waals surface area contributed by atoms with Gasteiger partial charge in [-0.3, -0.25) is 15.3 Å². The number of aromatic nitrogens is 2. The van der Waals surface area contributed by atoms with E-state index < -0.39 is 11.7 Å². The van der Waals surface area contributed by atoms with E-state index in [-0.39, 0.29) is 0 Å². The topological polar surface area (TPSA) is 64.1 Å². The summed E-state index contributed by atoms with van der Waals surface area (Å²) >= 11 is 0. The smallest absolute Gasteiger partial charge is 0.412 e. The van der Waals surface area contributed by atoms with Crippen molar-refractivity contribution in [2.24, 2.45) is 0 Å². The Morgan fingerprint density at radius 1 is 1.40 bits per heavy atom. The SMILES string of the molecule is CCc1cc(NC(=O)OC(C)(C)C)c2ncccc2n1. The molecule has 0 atom stereocenters. The third-order valence-electron chi connectivity index (χ3n) is 2.61. The maximum absolute atomic E-state index is 11.9. The highest BCUT2D eigenvalue weighted by atomic mass is 16.6. The summed E-state index contributed by atoms with van der Waals surface area (Å²) in [6, 6.07) is 5.53. The molecule has 1 N–H and O–H groups in total. The molecule has 0 bridgehead atoms. The second-order valence-electron chi connectivity index (χ2n) is 5.51. The van der Waals surface area contributed by atoms with Gasteiger partial charge in [0.2, 0.25) is 0 Å². The first-order valence-electron chi connectivity index (χ1n) is 6.63. The van der Waals surface area contributed by atoms with Gasteiger partial charge in [-0.2, -0.15) is 0 Å². The van der Waals surface area contributed by atoms with Crippen molar-refractivity contribution >= 4 is 22.8 Å². The number of amides is 1. The summed E-state index contributed by atoms with van der Waals surface area (Å²) in [5.74, 6) is 0. The molecule has 0 fully saturated rings. The second kappa shape index (κ2) is 5.45. The average Bonchev–Trinajstić information content (AvgIpc) is 2.36. The minimum Gasteiger partial charge on any atom is -0.444 e. The summed E-state index contributed by atoms with van der Waals surface area (Å²) in [6.45, 7) is 7.49. The van der Waals surface area contributed by atoms with E-state index in [0.29, 0.717) is 11.2 Å². The normalized spacial score (nSPS) is 11.4. The quantitative estimate of drug-likeness (QED) is 0.909. The van der Waals surface area contributed by atoms with E-state index in [0.717, 1.165) is 17.6 Å². The van der Waals surface area contributed by atoms with E-state index in [2.05, 4.69) is 15.3 Å². The highest BCUT2D eigenvalue weighted by Gasteiger charge is 2.17. The molecule has 0 aliphatic carbocycles. The lowest BCUT2D eigenvalue weighted by Crippen LogP contribution is -2.27. The minimum atomic E-state index is -0.534. The van der Waals surface area contributed by atoms with Gasteiger partial charge in [0, 0.05) is 11.9 Å². The monoisotopic (exact) mass is 273 g/mol. The molecule has 0 unspecified atom stereocenters. The van der Waals surface area contributed by atoms with Crippen molar-refractivity contribution < 1.29 is 9.53 Å². The second-order valence-corrected chi connectivity index (χ2v) is 5.51. The van der Waals surface area contributed by atoms with E-state index in [4.69, 9.17) is 4.74 Å². The van der Waals surface area contributed by atoms with Crippen molar-refractivity contribution in [2.45, 2.75) is 39.7 Å². The van der Waals surface area contributed by atoms with Gasteiger partial charge >= 0.3 is 6.09 Å². The van der Waals surface area contributed by atoms with Crippen LogP contribution in [-0.2, 0) is 11.2 Å². The molecular formula is C15H19N3O2. The summed E-state index contributed by atoms with van der Waals surface area (Å²) in [4.78, 5) is 20.6. The Balaban J connectivity index is 2.35. The Labute approximate surface area is 118 Å². The molecule has 0 spiro atoms. The highest BCUT2D eigenvalue weighted by molar-refractivity contribution is 5.96. The Morgan fingerprint density at radius 2 is 2.15 bits per heavy atom. The zero-order valence-electron chi connectivity index (χ0n) is 12.2. The molecule has 0 radical (unpaired) electrons. The lowest BCUT2D eigenvalue weighted by molar-refractivity contribution is 0.0636. The van der Waals surface area contributed by atoms with Gasteiger partial charge in [-0.15, -0.1) is 0 Å². The van der Waals surface area contributed by atoms with Gasteiger partial charge in [-0.1, -0.05) is 6.92 Å². The molecule has 0 aliphatic heterocycles. The van der Waals surface area contributed by atoms with Crippen molar-refractivity contribution in [3.8, 4) is 0 Å². The molecule has 0 saturated heterocycles. The highest BCUT2D eigenvalue weighted by Crippen LogP contribution is 2.22. The van der Waals surface area contributed by atoms with Gasteiger partial charge in [0.05, 0.1) is 11.2 Å². The van der Waals surface area contributed by atoms with Crippen LogP contribution in [0.5, 0.6) is 0 Å². The lowest BCUT2D eigenvalue weighted by Gasteiger charge is -2.20. The van der Waals surface area contributed by atoms with E-state index in [1.165, 1.54) is 0 Å². The zero-order valence-corrected chi connectivity index (χ0v) is 12.2. The average molecular weight is 273 g/mol. The van der Waals surface area contributed by atoms with Crippen molar-refractivity contribution in [1.82, 2.24) is 9.97 Å². The van der Waals surface area contributed by atoms with Crippen LogP contribution in [-0.4, -0.2) is 21.7 Å². The number of carbonyl (C=O) groups excluding carboxylic acids is 1. The summed E-state index contributed by atoms with van der Waals surface area (Å²) < 4.78 is 5.27. The van der Waals surface area contributed by atoms with Crippen molar-refractivity contribution in [3.63, 3.8) is 0 Å². The number of pyridine rings is 2. The number of ether oxygens (including phenoxy) is 1. The van der Waals surface area contributed by atoms with Crippen LogP contribution in [0, 0.1) is 0 Å². The van der Waals surface area contributed by atoms with Crippen molar-refractivity contribution in [2.75, 3.05) is 5.32 Å². The van der Waals surface area contributed by atoms with Gasteiger partial charge < -0.3 is 4.74 Å². The molecule has 2 heterocycles. The molecule has 5 heteroatoms. The van der Waals surface area contributed by atoms with Gasteiger partial charge in [0.25, 0.3) is 0 Å². The molecule has 0 saturated carbocycles. The summed E-state index contributed by atoms with van der Waals surface area (Å²) in [5, 5.41) is 2.75. The van der Waals surface area contributed by atoms with Crippen LogP contribution in [0.4, 0.5) is 10.5 Å². The Bertz CT molecular complexity index is 633. The van der Waals surface area contributed by atoms with E-state index in [1.807, 2.05) is 45.9 Å². The predicted octanol–water partition coefficient (Wildman–Crippen LogP) is 3.54. The number of nitrogens with zero attached hydrogens (tertiary/aromatic N) is 2. The van der Waals surface area contributed by atoms with Crippen LogP contribution in [0.1, 0.15) is 33.4 Å². The number of anilines is 1. The zero-order chi connectivity index (χ0) is 14.8. The third-order valence-corrected chi connectivity index (χ3v) is 2.61. The Kier molecular flexibility index (Phi) is 3.88. The molecule has 20 heavy (non-hydrogen) atoms.